The molecular weight excluding hydrogens is 599 g/mol. The van der Waals surface area contributed by atoms with Crippen molar-refractivity contribution in [3.63, 3.8) is 0 Å². The van der Waals surface area contributed by atoms with Crippen molar-refractivity contribution >= 4 is 55.4 Å². The molecule has 3 N–H and O–H groups in total. The summed E-state index contributed by atoms with van der Waals surface area (Å²) in [6.45, 7) is 18.2. The Bertz CT molecular complexity index is 2170. The summed E-state index contributed by atoms with van der Waals surface area (Å²) in [6.07, 6.45) is 13.0. The highest BCUT2D eigenvalue weighted by molar-refractivity contribution is 6.00. The maximum Gasteiger partial charge on any atom is 0.0932 e. The largest absolute Gasteiger partial charge is 0.355 e. The Morgan fingerprint density at radius 3 is 1.22 bits per heavy atom. The van der Waals surface area contributed by atoms with Gasteiger partial charge in [0.2, 0.25) is 0 Å². The van der Waals surface area contributed by atoms with Gasteiger partial charge in [-0.3, -0.25) is 0 Å². The van der Waals surface area contributed by atoms with Crippen molar-refractivity contribution in [2.75, 3.05) is 0 Å². The number of hydrogen-bond acceptors (Lipinski definition) is 2. The molecule has 0 saturated heterocycles. The summed E-state index contributed by atoms with van der Waals surface area (Å²) >= 11 is 0. The minimum absolute atomic E-state index is 0.457. The van der Waals surface area contributed by atoms with Gasteiger partial charge in [-0.15, -0.1) is 0 Å². The summed E-state index contributed by atoms with van der Waals surface area (Å²) in [5, 5.41) is 0. The first-order chi connectivity index (χ1) is 23.8. The van der Waals surface area contributed by atoms with E-state index in [-0.39, 0.29) is 0 Å². The van der Waals surface area contributed by atoms with Crippen LogP contribution in [0.2, 0.25) is 0 Å². The lowest BCUT2D eigenvalue weighted by atomic mass is 9.72. The van der Waals surface area contributed by atoms with Crippen LogP contribution in [0, 0.1) is 13.8 Å². The molecule has 4 aromatic heterocycles. The molecule has 2 atom stereocenters. The molecule has 252 valence electrons. The van der Waals surface area contributed by atoms with Gasteiger partial charge in [0.05, 0.1) is 22.8 Å². The first kappa shape index (κ1) is 31.9. The van der Waals surface area contributed by atoms with Gasteiger partial charge in [0.15, 0.2) is 0 Å². The van der Waals surface area contributed by atoms with Gasteiger partial charge in [-0.05, 0) is 145 Å². The zero-order valence-corrected chi connectivity index (χ0v) is 30.7. The van der Waals surface area contributed by atoms with Gasteiger partial charge >= 0.3 is 0 Å². The molecule has 0 amide bonds. The Morgan fingerprint density at radius 1 is 0.490 bits per heavy atom. The van der Waals surface area contributed by atoms with Crippen LogP contribution in [-0.2, 0) is 12.8 Å². The number of nitrogens with zero attached hydrogens (tertiary/aromatic N) is 2. The van der Waals surface area contributed by atoms with E-state index in [2.05, 4.69) is 107 Å². The number of fused-ring (bicyclic) bond motifs is 12. The van der Waals surface area contributed by atoms with E-state index in [1.54, 1.807) is 0 Å². The summed E-state index contributed by atoms with van der Waals surface area (Å²) in [4.78, 5) is 22.7. The molecule has 12 bridgehead atoms. The number of rotatable bonds is 6. The van der Waals surface area contributed by atoms with Crippen molar-refractivity contribution in [2.24, 2.45) is 0 Å². The van der Waals surface area contributed by atoms with E-state index in [9.17, 15) is 0 Å². The average molecular weight is 650 g/mol. The monoisotopic (exact) mass is 649 g/mol. The van der Waals surface area contributed by atoms with Crippen molar-refractivity contribution in [1.82, 2.24) is 24.9 Å². The second-order valence-electron chi connectivity index (χ2n) is 14.4. The fourth-order valence-electron chi connectivity index (χ4n) is 9.55. The normalized spacial score (nSPS) is 18.3. The molecule has 0 radical (unpaired) electrons. The molecule has 0 saturated carbocycles. The Balaban J connectivity index is 1.58. The van der Waals surface area contributed by atoms with Crippen molar-refractivity contribution in [3.05, 3.63) is 92.6 Å². The van der Waals surface area contributed by atoms with Crippen LogP contribution in [0.25, 0.3) is 55.4 Å². The zero-order valence-electron chi connectivity index (χ0n) is 30.7. The van der Waals surface area contributed by atoms with E-state index in [0.717, 1.165) is 72.3 Å². The van der Waals surface area contributed by atoms with E-state index in [1.807, 2.05) is 0 Å². The average Bonchev–Trinajstić information content (AvgIpc) is 3.90. The molecule has 0 unspecified atom stereocenters. The van der Waals surface area contributed by atoms with E-state index in [0.29, 0.717) is 11.8 Å². The number of aromatic amines is 3. The lowest BCUT2D eigenvalue weighted by Crippen LogP contribution is -2.15. The molecule has 6 heterocycles. The first-order valence-corrected chi connectivity index (χ1v) is 19.0. The van der Waals surface area contributed by atoms with Crippen LogP contribution in [-0.4, -0.2) is 24.9 Å². The smallest absolute Gasteiger partial charge is 0.0932 e. The van der Waals surface area contributed by atoms with Gasteiger partial charge in [0, 0.05) is 44.9 Å². The third kappa shape index (κ3) is 4.79. The third-order valence-electron chi connectivity index (χ3n) is 12.0. The van der Waals surface area contributed by atoms with E-state index < -0.39 is 0 Å². The SMILES string of the molecule is CCC1=C(CC)c2nc1cc1[nH]c(cc3[nH]c(cc4[nH]c(cc5nc2C(CC)=C5CC)c(C)c4CC)c2c3[C@@H]3C=C[C@H]2CC3)c(CC)c1C. The number of nitrogens with one attached hydrogen (secondary N) is 3. The van der Waals surface area contributed by atoms with Gasteiger partial charge < -0.3 is 15.0 Å². The van der Waals surface area contributed by atoms with Crippen molar-refractivity contribution in [2.45, 2.75) is 119 Å². The molecule has 5 aliphatic rings. The number of aryl methyl sites for hydroxylation is 4. The second-order valence-corrected chi connectivity index (χ2v) is 14.4. The van der Waals surface area contributed by atoms with Crippen LogP contribution in [0.15, 0.2) is 36.4 Å². The van der Waals surface area contributed by atoms with Crippen LogP contribution >= 0.6 is 0 Å². The van der Waals surface area contributed by atoms with Crippen LogP contribution in [0.4, 0.5) is 0 Å². The van der Waals surface area contributed by atoms with Crippen LogP contribution in [0.1, 0.15) is 148 Å². The summed E-state index contributed by atoms with van der Waals surface area (Å²) in [6, 6.07) is 9.43. The van der Waals surface area contributed by atoms with Crippen LogP contribution in [0.3, 0.4) is 0 Å². The molecular formula is C44H51N5. The maximum absolute atomic E-state index is 5.46. The molecule has 5 nitrogen and oxygen atoms in total. The number of H-pyrrole nitrogens is 3. The molecule has 9 rings (SSSR count). The summed E-state index contributed by atoms with van der Waals surface area (Å²) in [5.74, 6) is 0.915. The van der Waals surface area contributed by atoms with Gasteiger partial charge in [-0.25, -0.2) is 9.97 Å². The predicted octanol–water partition coefficient (Wildman–Crippen LogP) is 12.1. The van der Waals surface area contributed by atoms with Gasteiger partial charge in [-0.1, -0.05) is 53.7 Å². The first-order valence-electron chi connectivity index (χ1n) is 19.0. The molecule has 2 aliphatic heterocycles. The minimum atomic E-state index is 0.457. The highest BCUT2D eigenvalue weighted by atomic mass is 14.8. The number of hydrogen-bond donors (Lipinski definition) is 3. The van der Waals surface area contributed by atoms with Gasteiger partial charge in [-0.2, -0.15) is 0 Å². The lowest BCUT2D eigenvalue weighted by Gasteiger charge is -2.31. The summed E-state index contributed by atoms with van der Waals surface area (Å²) in [7, 11) is 0. The number of aromatic nitrogens is 5. The van der Waals surface area contributed by atoms with E-state index in [4.69, 9.17) is 9.97 Å². The van der Waals surface area contributed by atoms with E-state index >= 15 is 0 Å². The van der Waals surface area contributed by atoms with Crippen molar-refractivity contribution in [1.29, 1.82) is 0 Å². The highest BCUT2D eigenvalue weighted by Gasteiger charge is 2.33. The zero-order chi connectivity index (χ0) is 34.1. The molecule has 0 aromatic carbocycles. The number of allylic oxidation sites excluding steroid dienone is 6. The van der Waals surface area contributed by atoms with Crippen molar-refractivity contribution in [3.8, 4) is 0 Å². The predicted molar refractivity (Wildman–Crippen MR) is 209 cm³/mol. The van der Waals surface area contributed by atoms with Crippen LogP contribution in [0.5, 0.6) is 0 Å². The third-order valence-corrected chi connectivity index (χ3v) is 12.0. The summed E-state index contributed by atoms with van der Waals surface area (Å²) < 4.78 is 0. The minimum Gasteiger partial charge on any atom is -0.355 e. The molecule has 3 aliphatic carbocycles. The molecule has 0 fully saturated rings. The molecule has 5 heteroatoms. The topological polar surface area (TPSA) is 73.2 Å². The lowest BCUT2D eigenvalue weighted by molar-refractivity contribution is 0.562. The fourth-order valence-corrected chi connectivity index (χ4v) is 9.55. The van der Waals surface area contributed by atoms with Gasteiger partial charge in [0.25, 0.3) is 0 Å². The molecule has 0 spiro atoms. The second kappa shape index (κ2) is 12.2. The Morgan fingerprint density at radius 2 is 0.878 bits per heavy atom. The van der Waals surface area contributed by atoms with Gasteiger partial charge in [0.1, 0.15) is 0 Å². The standard InChI is InChI=1S/C44H51N5/c1-9-27-23(7)33-19-37-29(11-3)31(13-5)43(48-37)44-32(14-6)30(12-4)38(49-44)20-34-24(8)28(10-2)36(46-34)22-40-42-26-17-15-25(16-18-26)41(42)39(47-40)21-35(27)45-33/h15,17,19-22,25-26,45-47H,9-14,16,18H2,1-8H3/t25-,26+. The molecule has 49 heavy (non-hydrogen) atoms. The summed E-state index contributed by atoms with van der Waals surface area (Å²) in [5.41, 5.74) is 25.2. The van der Waals surface area contributed by atoms with Crippen molar-refractivity contribution < 1.29 is 0 Å². The maximum atomic E-state index is 5.46. The molecule has 4 aromatic rings. The highest BCUT2D eigenvalue weighted by Crippen LogP contribution is 2.49. The Kier molecular flexibility index (Phi) is 7.93. The van der Waals surface area contributed by atoms with E-state index in [1.165, 1.54) is 90.6 Å². The Hall–Kier alpha value is -4.38. The van der Waals surface area contributed by atoms with Crippen LogP contribution < -0.4 is 0 Å². The fraction of sp³-hybridized carbons (Fsp3) is 0.409. The Labute approximate surface area is 290 Å². The quantitative estimate of drug-likeness (QED) is 0.182.